The summed E-state index contributed by atoms with van der Waals surface area (Å²) in [7, 11) is 0. The van der Waals surface area contributed by atoms with Crippen molar-refractivity contribution in [1.82, 2.24) is 9.78 Å². The summed E-state index contributed by atoms with van der Waals surface area (Å²) in [6.45, 7) is -0.174. The molecule has 0 aromatic carbocycles. The van der Waals surface area contributed by atoms with Crippen LogP contribution in [0.15, 0.2) is 10.9 Å². The van der Waals surface area contributed by atoms with Crippen molar-refractivity contribution >= 4 is 5.97 Å². The third kappa shape index (κ3) is 1.34. The fraction of sp³-hybridized carbons (Fsp3) is 0.167. The van der Waals surface area contributed by atoms with E-state index in [1.54, 1.807) is 6.07 Å². The molecule has 6 heteroatoms. The van der Waals surface area contributed by atoms with Gasteiger partial charge >= 0.3 is 5.97 Å². The van der Waals surface area contributed by atoms with Gasteiger partial charge in [-0.2, -0.15) is 5.26 Å². The van der Waals surface area contributed by atoms with Crippen LogP contribution in [0.25, 0.3) is 0 Å². The van der Waals surface area contributed by atoms with E-state index in [1.165, 1.54) is 0 Å². The van der Waals surface area contributed by atoms with E-state index in [0.29, 0.717) is 0 Å². The highest BCUT2D eigenvalue weighted by atomic mass is 16.4. The van der Waals surface area contributed by atoms with Crippen molar-refractivity contribution in [3.8, 4) is 6.07 Å². The fourth-order valence-electron chi connectivity index (χ4n) is 0.732. The summed E-state index contributed by atoms with van der Waals surface area (Å²) in [6.07, 6.45) is 0. The maximum absolute atomic E-state index is 10.9. The molecular formula is C6H5N3O3. The number of carbonyl (C=O) groups is 1. The van der Waals surface area contributed by atoms with Gasteiger partial charge in [-0.1, -0.05) is 0 Å². The zero-order valence-electron chi connectivity index (χ0n) is 5.94. The number of aromatic carboxylic acids is 1. The number of nitrogens with one attached hydrogen (secondary N) is 1. The summed E-state index contributed by atoms with van der Waals surface area (Å²) in [5.74, 6) is -1.22. The molecule has 0 spiro atoms. The standard InChI is InChI=1S/C6H5N3O3/c7-1-2-9-5(10)3-4(8-9)6(11)12/h3,8H,2H2,(H,11,12). The van der Waals surface area contributed by atoms with Gasteiger partial charge in [0.15, 0.2) is 0 Å². The largest absolute Gasteiger partial charge is 0.477 e. The second-order valence-corrected chi connectivity index (χ2v) is 2.06. The van der Waals surface area contributed by atoms with Crippen molar-refractivity contribution in [1.29, 1.82) is 5.26 Å². The molecule has 0 aliphatic carbocycles. The van der Waals surface area contributed by atoms with Crippen molar-refractivity contribution < 1.29 is 9.90 Å². The van der Waals surface area contributed by atoms with Gasteiger partial charge in [0.25, 0.3) is 5.56 Å². The SMILES string of the molecule is N#CCn1[nH]c(C(=O)O)cc1=O. The van der Waals surface area contributed by atoms with Crippen LogP contribution in [-0.2, 0) is 6.54 Å². The molecular weight excluding hydrogens is 162 g/mol. The van der Waals surface area contributed by atoms with Crippen molar-refractivity contribution in [2.24, 2.45) is 0 Å². The fourth-order valence-corrected chi connectivity index (χ4v) is 0.732. The van der Waals surface area contributed by atoms with Crippen LogP contribution in [0.2, 0.25) is 0 Å². The van der Waals surface area contributed by atoms with Crippen LogP contribution in [0.5, 0.6) is 0 Å². The summed E-state index contributed by atoms with van der Waals surface area (Å²) >= 11 is 0. The van der Waals surface area contributed by atoms with Crippen molar-refractivity contribution in [2.75, 3.05) is 0 Å². The summed E-state index contributed by atoms with van der Waals surface area (Å²) in [6, 6.07) is 2.65. The van der Waals surface area contributed by atoms with E-state index >= 15 is 0 Å². The van der Waals surface area contributed by atoms with E-state index < -0.39 is 11.5 Å². The number of rotatable bonds is 2. The van der Waals surface area contributed by atoms with Crippen LogP contribution >= 0.6 is 0 Å². The second-order valence-electron chi connectivity index (χ2n) is 2.06. The molecule has 1 aromatic heterocycles. The molecule has 1 rings (SSSR count). The van der Waals surface area contributed by atoms with Crippen molar-refractivity contribution in [3.05, 3.63) is 22.1 Å². The lowest BCUT2D eigenvalue weighted by Gasteiger charge is -1.90. The Bertz CT molecular complexity index is 395. The Morgan fingerprint density at radius 1 is 1.83 bits per heavy atom. The van der Waals surface area contributed by atoms with E-state index in [9.17, 15) is 9.59 Å². The number of H-pyrrole nitrogens is 1. The molecule has 6 nitrogen and oxygen atoms in total. The maximum Gasteiger partial charge on any atom is 0.353 e. The monoisotopic (exact) mass is 167 g/mol. The zero-order valence-corrected chi connectivity index (χ0v) is 5.94. The number of carboxylic acids is 1. The Hall–Kier alpha value is -2.03. The minimum absolute atomic E-state index is 0.174. The quantitative estimate of drug-likeness (QED) is 0.614. The summed E-state index contributed by atoms with van der Waals surface area (Å²) in [4.78, 5) is 21.2. The third-order valence-corrected chi connectivity index (χ3v) is 1.25. The van der Waals surface area contributed by atoms with E-state index in [-0.39, 0.29) is 12.2 Å². The molecule has 0 bridgehead atoms. The van der Waals surface area contributed by atoms with E-state index in [0.717, 1.165) is 10.7 Å². The lowest BCUT2D eigenvalue weighted by molar-refractivity contribution is 0.0689. The van der Waals surface area contributed by atoms with Gasteiger partial charge in [0, 0.05) is 6.07 Å². The lowest BCUT2D eigenvalue weighted by atomic mass is 10.4. The number of carboxylic acid groups (broad SMARTS) is 1. The van der Waals surface area contributed by atoms with Gasteiger partial charge in [0.05, 0.1) is 6.07 Å². The highest BCUT2D eigenvalue weighted by Crippen LogP contribution is 1.88. The Morgan fingerprint density at radius 3 is 2.92 bits per heavy atom. The molecule has 62 valence electrons. The Balaban J connectivity index is 3.11. The van der Waals surface area contributed by atoms with Gasteiger partial charge < -0.3 is 5.11 Å². The number of hydrogen-bond donors (Lipinski definition) is 2. The van der Waals surface area contributed by atoms with Gasteiger partial charge in [-0.05, 0) is 0 Å². The Labute approximate surface area is 66.6 Å². The first kappa shape index (κ1) is 8.07. The molecule has 0 aliphatic heterocycles. The van der Waals surface area contributed by atoms with Crippen molar-refractivity contribution in [2.45, 2.75) is 6.54 Å². The highest BCUT2D eigenvalue weighted by Gasteiger charge is 2.07. The average molecular weight is 167 g/mol. The molecule has 0 atom stereocenters. The minimum Gasteiger partial charge on any atom is -0.477 e. The predicted molar refractivity (Wildman–Crippen MR) is 37.6 cm³/mol. The molecule has 0 saturated heterocycles. The molecule has 2 N–H and O–H groups in total. The van der Waals surface area contributed by atoms with Crippen LogP contribution in [0.4, 0.5) is 0 Å². The van der Waals surface area contributed by atoms with Gasteiger partial charge in [-0.3, -0.25) is 9.89 Å². The Morgan fingerprint density at radius 2 is 2.50 bits per heavy atom. The second kappa shape index (κ2) is 2.92. The number of nitrogens with zero attached hydrogens (tertiary/aromatic N) is 2. The topological polar surface area (TPSA) is 98.9 Å². The maximum atomic E-state index is 10.9. The molecule has 1 heterocycles. The number of aromatic amines is 1. The average Bonchev–Trinajstić information content (AvgIpc) is 2.34. The molecule has 0 fully saturated rings. The van der Waals surface area contributed by atoms with Crippen LogP contribution < -0.4 is 5.56 Å². The zero-order chi connectivity index (χ0) is 9.14. The van der Waals surface area contributed by atoms with Gasteiger partial charge in [0.1, 0.15) is 12.2 Å². The number of hydrogen-bond acceptors (Lipinski definition) is 3. The van der Waals surface area contributed by atoms with E-state index in [2.05, 4.69) is 5.10 Å². The smallest absolute Gasteiger partial charge is 0.353 e. The Kier molecular flexibility index (Phi) is 1.96. The third-order valence-electron chi connectivity index (χ3n) is 1.25. The highest BCUT2D eigenvalue weighted by molar-refractivity contribution is 5.84. The molecule has 0 aliphatic rings. The minimum atomic E-state index is -1.22. The summed E-state index contributed by atoms with van der Waals surface area (Å²) in [5, 5.41) is 18.9. The van der Waals surface area contributed by atoms with E-state index in [1.807, 2.05) is 0 Å². The number of nitriles is 1. The first-order valence-corrected chi connectivity index (χ1v) is 3.05. The summed E-state index contributed by atoms with van der Waals surface area (Å²) in [5.41, 5.74) is -0.732. The molecule has 0 saturated carbocycles. The van der Waals surface area contributed by atoms with Crippen molar-refractivity contribution in [3.63, 3.8) is 0 Å². The van der Waals surface area contributed by atoms with Crippen LogP contribution in [0.3, 0.4) is 0 Å². The molecule has 0 unspecified atom stereocenters. The normalized spacial score (nSPS) is 9.25. The first-order valence-electron chi connectivity index (χ1n) is 3.05. The predicted octanol–water partition coefficient (Wildman–Crippen LogP) is -0.602. The van der Waals surface area contributed by atoms with Crippen LogP contribution in [-0.4, -0.2) is 20.9 Å². The molecule has 0 amide bonds. The van der Waals surface area contributed by atoms with Gasteiger partial charge in [0.2, 0.25) is 0 Å². The van der Waals surface area contributed by atoms with Crippen LogP contribution in [0.1, 0.15) is 10.5 Å². The molecule has 1 aromatic rings. The lowest BCUT2D eigenvalue weighted by Crippen LogP contribution is -2.14. The van der Waals surface area contributed by atoms with Gasteiger partial charge in [-0.25, -0.2) is 9.48 Å². The van der Waals surface area contributed by atoms with Crippen LogP contribution in [0, 0.1) is 11.3 Å². The molecule has 12 heavy (non-hydrogen) atoms. The first-order chi connectivity index (χ1) is 5.65. The summed E-state index contributed by atoms with van der Waals surface area (Å²) < 4.78 is 0.920. The van der Waals surface area contributed by atoms with Gasteiger partial charge in [-0.15, -0.1) is 0 Å². The number of aromatic nitrogens is 2. The molecule has 0 radical (unpaired) electrons. The van der Waals surface area contributed by atoms with E-state index in [4.69, 9.17) is 10.4 Å².